The summed E-state index contributed by atoms with van der Waals surface area (Å²) in [5.41, 5.74) is 3.18. The number of nitrogens with zero attached hydrogens (tertiary/aromatic N) is 2. The predicted molar refractivity (Wildman–Crippen MR) is 107 cm³/mol. The highest BCUT2D eigenvalue weighted by molar-refractivity contribution is 7.17. The zero-order valence-corrected chi connectivity index (χ0v) is 16.6. The molecule has 2 heterocycles. The molecule has 0 aliphatic heterocycles. The summed E-state index contributed by atoms with van der Waals surface area (Å²) in [6.45, 7) is 3.78. The number of nitrogens with one attached hydrogen (secondary N) is 1. The minimum Gasteiger partial charge on any atom is -0.344 e. The molecule has 0 spiro atoms. The first-order valence-electron chi connectivity index (χ1n) is 8.02. The highest BCUT2D eigenvalue weighted by atomic mass is 32.1. The summed E-state index contributed by atoms with van der Waals surface area (Å²) in [6.07, 6.45) is 0. The molecule has 0 saturated carbocycles. The molecule has 0 saturated heterocycles. The highest BCUT2D eigenvalue weighted by Gasteiger charge is 2.21. The Bertz CT molecular complexity index is 959. The normalized spacial score (nSPS) is 10.6. The van der Waals surface area contributed by atoms with Gasteiger partial charge in [0.1, 0.15) is 4.88 Å². The quantitative estimate of drug-likeness (QED) is 0.722. The number of thiophene rings is 1. The number of anilines is 1. The third kappa shape index (κ3) is 3.54. The third-order valence-corrected chi connectivity index (χ3v) is 5.87. The topological polar surface area (TPSA) is 62.3 Å². The van der Waals surface area contributed by atoms with E-state index in [4.69, 9.17) is 0 Å². The van der Waals surface area contributed by atoms with Gasteiger partial charge in [0.05, 0.1) is 11.3 Å². The van der Waals surface area contributed by atoms with E-state index in [2.05, 4.69) is 10.3 Å². The number of aromatic nitrogens is 1. The fourth-order valence-corrected chi connectivity index (χ4v) is 4.45. The van der Waals surface area contributed by atoms with E-state index in [-0.39, 0.29) is 11.8 Å². The number of amides is 2. The molecule has 0 unspecified atom stereocenters. The van der Waals surface area contributed by atoms with E-state index in [1.165, 1.54) is 16.2 Å². The first-order valence-corrected chi connectivity index (χ1v) is 9.72. The number of hydrogen-bond donors (Lipinski definition) is 1. The van der Waals surface area contributed by atoms with Crippen LogP contribution in [0.2, 0.25) is 0 Å². The number of aryl methyl sites for hydroxylation is 2. The van der Waals surface area contributed by atoms with Gasteiger partial charge in [-0.2, -0.15) is 0 Å². The molecule has 2 aromatic heterocycles. The van der Waals surface area contributed by atoms with Gasteiger partial charge in [0.15, 0.2) is 5.13 Å². The number of thiazole rings is 1. The summed E-state index contributed by atoms with van der Waals surface area (Å²) in [4.78, 5) is 32.4. The molecule has 26 heavy (non-hydrogen) atoms. The second kappa shape index (κ2) is 7.39. The van der Waals surface area contributed by atoms with E-state index in [0.29, 0.717) is 21.3 Å². The van der Waals surface area contributed by atoms with Gasteiger partial charge in [-0.1, -0.05) is 41.7 Å². The van der Waals surface area contributed by atoms with E-state index >= 15 is 0 Å². The summed E-state index contributed by atoms with van der Waals surface area (Å²) < 4.78 is 0. The molecule has 1 aromatic carbocycles. The molecular weight excluding hydrogens is 366 g/mol. The Morgan fingerprint density at radius 3 is 2.46 bits per heavy atom. The molecule has 7 heteroatoms. The van der Waals surface area contributed by atoms with Crippen LogP contribution in [0.25, 0.3) is 11.1 Å². The molecule has 0 aliphatic carbocycles. The zero-order chi connectivity index (χ0) is 18.8. The fraction of sp³-hybridized carbons (Fsp3) is 0.211. The van der Waals surface area contributed by atoms with E-state index in [1.807, 2.05) is 42.6 Å². The monoisotopic (exact) mass is 385 g/mol. The molecule has 134 valence electrons. The number of hydrogen-bond acceptors (Lipinski definition) is 5. The second-order valence-corrected chi connectivity index (χ2v) is 8.12. The summed E-state index contributed by atoms with van der Waals surface area (Å²) in [5, 5.41) is 5.13. The number of benzene rings is 1. The third-order valence-electron chi connectivity index (χ3n) is 3.90. The van der Waals surface area contributed by atoms with Crippen LogP contribution in [-0.4, -0.2) is 35.8 Å². The molecule has 0 bridgehead atoms. The van der Waals surface area contributed by atoms with Crippen molar-refractivity contribution in [2.45, 2.75) is 13.8 Å². The molecule has 0 fully saturated rings. The molecular formula is C19H19N3O2S2. The minimum atomic E-state index is -0.217. The van der Waals surface area contributed by atoms with Crippen LogP contribution in [0.15, 0.2) is 35.7 Å². The van der Waals surface area contributed by atoms with Gasteiger partial charge in [-0.25, -0.2) is 4.98 Å². The van der Waals surface area contributed by atoms with Crippen molar-refractivity contribution in [3.05, 3.63) is 56.7 Å². The Hall–Kier alpha value is -2.51. The number of rotatable bonds is 4. The fourth-order valence-electron chi connectivity index (χ4n) is 2.60. The lowest BCUT2D eigenvalue weighted by Crippen LogP contribution is -2.21. The lowest BCUT2D eigenvalue weighted by Gasteiger charge is -2.07. The van der Waals surface area contributed by atoms with Crippen LogP contribution in [-0.2, 0) is 0 Å². The standard InChI is InChI=1S/C19H19N3O2S2/c1-11-16(18(24)22(3)4)26-19(20-11)21-17(23)14-10-25-12(2)15(14)13-8-6-5-7-9-13/h5-10H,1-4H3,(H,20,21,23). The van der Waals surface area contributed by atoms with E-state index < -0.39 is 0 Å². The van der Waals surface area contributed by atoms with Crippen molar-refractivity contribution < 1.29 is 9.59 Å². The zero-order valence-electron chi connectivity index (χ0n) is 15.0. The van der Waals surface area contributed by atoms with Crippen molar-refractivity contribution in [2.24, 2.45) is 0 Å². The number of carbonyl (C=O) groups excluding carboxylic acids is 2. The summed E-state index contributed by atoms with van der Waals surface area (Å²) in [5.74, 6) is -0.331. The average molecular weight is 386 g/mol. The van der Waals surface area contributed by atoms with Gasteiger partial charge < -0.3 is 4.90 Å². The van der Waals surface area contributed by atoms with Gasteiger partial charge in [-0.3, -0.25) is 14.9 Å². The summed E-state index contributed by atoms with van der Waals surface area (Å²) in [7, 11) is 3.39. The molecule has 0 aliphatic rings. The van der Waals surface area contributed by atoms with Gasteiger partial charge >= 0.3 is 0 Å². The van der Waals surface area contributed by atoms with Crippen molar-refractivity contribution in [3.63, 3.8) is 0 Å². The lowest BCUT2D eigenvalue weighted by molar-refractivity contribution is 0.0831. The Morgan fingerprint density at radius 2 is 1.81 bits per heavy atom. The van der Waals surface area contributed by atoms with Gasteiger partial charge in [-0.15, -0.1) is 11.3 Å². The van der Waals surface area contributed by atoms with Gasteiger partial charge in [0.2, 0.25) is 0 Å². The maximum absolute atomic E-state index is 12.8. The van der Waals surface area contributed by atoms with Crippen molar-refractivity contribution in [2.75, 3.05) is 19.4 Å². The van der Waals surface area contributed by atoms with E-state index in [0.717, 1.165) is 16.0 Å². The average Bonchev–Trinajstić information content (AvgIpc) is 3.17. The van der Waals surface area contributed by atoms with Gasteiger partial charge in [-0.05, 0) is 19.4 Å². The predicted octanol–water partition coefficient (Wildman–Crippen LogP) is 4.44. The largest absolute Gasteiger partial charge is 0.344 e. The van der Waals surface area contributed by atoms with E-state index in [9.17, 15) is 9.59 Å². The maximum Gasteiger partial charge on any atom is 0.265 e. The summed E-state index contributed by atoms with van der Waals surface area (Å²) in [6, 6.07) is 9.85. The van der Waals surface area contributed by atoms with Gasteiger partial charge in [0, 0.05) is 29.9 Å². The smallest absolute Gasteiger partial charge is 0.265 e. The number of carbonyl (C=O) groups is 2. The van der Waals surface area contributed by atoms with Crippen molar-refractivity contribution in [1.29, 1.82) is 0 Å². The van der Waals surface area contributed by atoms with Crippen molar-refractivity contribution >= 4 is 39.6 Å². The molecule has 1 N–H and O–H groups in total. The Morgan fingerprint density at radius 1 is 1.12 bits per heavy atom. The summed E-state index contributed by atoms with van der Waals surface area (Å²) >= 11 is 2.74. The maximum atomic E-state index is 12.8. The molecule has 0 atom stereocenters. The Balaban J connectivity index is 1.89. The van der Waals surface area contributed by atoms with Crippen LogP contribution in [0.5, 0.6) is 0 Å². The molecule has 5 nitrogen and oxygen atoms in total. The van der Waals surface area contributed by atoms with Crippen LogP contribution in [0.1, 0.15) is 30.6 Å². The molecule has 3 rings (SSSR count). The Labute approximate surface area is 160 Å². The van der Waals surface area contributed by atoms with Gasteiger partial charge in [0.25, 0.3) is 11.8 Å². The van der Waals surface area contributed by atoms with Crippen molar-refractivity contribution in [1.82, 2.24) is 9.88 Å². The van der Waals surface area contributed by atoms with E-state index in [1.54, 1.807) is 32.4 Å². The molecule has 3 aromatic rings. The van der Waals surface area contributed by atoms with Crippen LogP contribution in [0.4, 0.5) is 5.13 Å². The Kier molecular flexibility index (Phi) is 5.20. The lowest BCUT2D eigenvalue weighted by atomic mass is 10.0. The van der Waals surface area contributed by atoms with Crippen LogP contribution >= 0.6 is 22.7 Å². The first kappa shape index (κ1) is 18.3. The van der Waals surface area contributed by atoms with Crippen molar-refractivity contribution in [3.8, 4) is 11.1 Å². The minimum absolute atomic E-state index is 0.114. The SMILES string of the molecule is Cc1nc(NC(=O)c2csc(C)c2-c2ccccc2)sc1C(=O)N(C)C. The van der Waals surface area contributed by atoms with Crippen LogP contribution < -0.4 is 5.32 Å². The first-order chi connectivity index (χ1) is 12.4. The molecule has 2 amide bonds. The second-order valence-electron chi connectivity index (χ2n) is 6.03. The molecule has 0 radical (unpaired) electrons. The van der Waals surface area contributed by atoms with Crippen LogP contribution in [0, 0.1) is 13.8 Å². The van der Waals surface area contributed by atoms with Crippen LogP contribution in [0.3, 0.4) is 0 Å². The highest BCUT2D eigenvalue weighted by Crippen LogP contribution is 2.33.